The van der Waals surface area contributed by atoms with Gasteiger partial charge in [-0.05, 0) is 6.92 Å². The summed E-state index contributed by atoms with van der Waals surface area (Å²) in [7, 11) is 5.25. The molecule has 0 aliphatic rings. The molecule has 0 radical (unpaired) electrons. The lowest BCUT2D eigenvalue weighted by molar-refractivity contribution is 0.0605. The van der Waals surface area contributed by atoms with Gasteiger partial charge in [-0.1, -0.05) is 11.3 Å². The average molecular weight is 280 g/mol. The summed E-state index contributed by atoms with van der Waals surface area (Å²) in [6.07, 6.45) is 3.66. The molecule has 0 aromatic carbocycles. The van der Waals surface area contributed by atoms with E-state index < -0.39 is 0 Å². The number of imidazole rings is 1. The predicted molar refractivity (Wildman–Crippen MR) is 73.5 cm³/mol. The van der Waals surface area contributed by atoms with Crippen molar-refractivity contribution in [3.05, 3.63) is 28.8 Å². The van der Waals surface area contributed by atoms with Gasteiger partial charge >= 0.3 is 5.97 Å². The first-order valence-corrected chi connectivity index (χ1v) is 6.57. The molecule has 2 rings (SSSR count). The van der Waals surface area contributed by atoms with Crippen molar-refractivity contribution in [1.82, 2.24) is 14.5 Å². The smallest absolute Gasteiger partial charge is 0.350 e. The zero-order valence-electron chi connectivity index (χ0n) is 11.4. The molecule has 0 saturated heterocycles. The molecule has 0 fully saturated rings. The Hall–Kier alpha value is -1.89. The van der Waals surface area contributed by atoms with Crippen LogP contribution in [0.1, 0.15) is 21.2 Å². The van der Waals surface area contributed by atoms with Crippen LogP contribution < -0.4 is 4.90 Å². The molecule has 2 heterocycles. The van der Waals surface area contributed by atoms with E-state index >= 15 is 0 Å². The number of aryl methyl sites for hydroxylation is 2. The molecule has 7 heteroatoms. The first-order chi connectivity index (χ1) is 9.02. The number of methoxy groups -OCH3 is 1. The Morgan fingerprint density at radius 2 is 2.32 bits per heavy atom. The number of nitrogens with zero attached hydrogens (tertiary/aromatic N) is 4. The number of ether oxygens (including phenoxy) is 1. The molecule has 102 valence electrons. The second-order valence-corrected chi connectivity index (χ2v) is 5.19. The van der Waals surface area contributed by atoms with Crippen molar-refractivity contribution in [2.75, 3.05) is 19.1 Å². The minimum Gasteiger partial charge on any atom is -0.465 e. The fourth-order valence-corrected chi connectivity index (χ4v) is 2.60. The minimum atomic E-state index is -0.341. The predicted octanol–water partition coefficient (Wildman–Crippen LogP) is 1.61. The average Bonchev–Trinajstić information content (AvgIpc) is 2.95. The van der Waals surface area contributed by atoms with Crippen LogP contribution in [0.25, 0.3) is 0 Å². The summed E-state index contributed by atoms with van der Waals surface area (Å²) in [5, 5.41) is 0.779. The monoisotopic (exact) mass is 280 g/mol. The Bertz CT molecular complexity index is 590. The van der Waals surface area contributed by atoms with Gasteiger partial charge in [0.1, 0.15) is 10.7 Å². The molecule has 0 atom stereocenters. The van der Waals surface area contributed by atoms with Gasteiger partial charge in [0.15, 0.2) is 5.13 Å². The number of rotatable bonds is 4. The third-order valence-electron chi connectivity index (χ3n) is 2.78. The summed E-state index contributed by atoms with van der Waals surface area (Å²) < 4.78 is 6.69. The number of thiazole rings is 1. The standard InChI is InChI=1S/C12H16N4O2S/c1-8-10(11(17)18-4)19-12(14-8)16(3)7-9-13-5-6-15(9)2/h5-6H,7H2,1-4H3. The van der Waals surface area contributed by atoms with E-state index in [-0.39, 0.29) is 5.97 Å². The highest BCUT2D eigenvalue weighted by Crippen LogP contribution is 2.26. The van der Waals surface area contributed by atoms with E-state index in [9.17, 15) is 4.79 Å². The summed E-state index contributed by atoms with van der Waals surface area (Å²) >= 11 is 1.33. The molecular formula is C12H16N4O2S. The number of hydrogen-bond donors (Lipinski definition) is 0. The van der Waals surface area contributed by atoms with Crippen molar-refractivity contribution in [3.8, 4) is 0 Å². The van der Waals surface area contributed by atoms with Crippen molar-refractivity contribution in [2.45, 2.75) is 13.5 Å². The van der Waals surface area contributed by atoms with E-state index in [4.69, 9.17) is 4.74 Å². The molecule has 2 aromatic rings. The van der Waals surface area contributed by atoms with Gasteiger partial charge in [0, 0.05) is 26.5 Å². The fourth-order valence-electron chi connectivity index (χ4n) is 1.66. The fraction of sp³-hybridized carbons (Fsp3) is 0.417. The second kappa shape index (κ2) is 5.40. The maximum absolute atomic E-state index is 11.6. The lowest BCUT2D eigenvalue weighted by Crippen LogP contribution is -2.18. The van der Waals surface area contributed by atoms with Crippen molar-refractivity contribution in [2.24, 2.45) is 7.05 Å². The van der Waals surface area contributed by atoms with E-state index in [1.54, 1.807) is 13.1 Å². The van der Waals surface area contributed by atoms with Gasteiger partial charge in [-0.15, -0.1) is 0 Å². The van der Waals surface area contributed by atoms with E-state index in [0.717, 1.165) is 11.0 Å². The van der Waals surface area contributed by atoms with Gasteiger partial charge in [-0.2, -0.15) is 0 Å². The molecule has 0 bridgehead atoms. The molecule has 0 amide bonds. The SMILES string of the molecule is COC(=O)c1sc(N(C)Cc2nccn2C)nc1C. The number of esters is 1. The topological polar surface area (TPSA) is 60.2 Å². The second-order valence-electron chi connectivity index (χ2n) is 4.21. The third-order valence-corrected chi connectivity index (χ3v) is 4.03. The van der Waals surface area contributed by atoms with Crippen LogP contribution in [0, 0.1) is 6.92 Å². The van der Waals surface area contributed by atoms with Crippen LogP contribution in [0.3, 0.4) is 0 Å². The quantitative estimate of drug-likeness (QED) is 0.796. The molecular weight excluding hydrogens is 264 g/mol. The van der Waals surface area contributed by atoms with Gasteiger partial charge in [0.25, 0.3) is 0 Å². The van der Waals surface area contributed by atoms with Gasteiger partial charge in [-0.3, -0.25) is 0 Å². The van der Waals surface area contributed by atoms with Gasteiger partial charge < -0.3 is 14.2 Å². The number of anilines is 1. The van der Waals surface area contributed by atoms with Crippen LogP contribution in [0.2, 0.25) is 0 Å². The third kappa shape index (κ3) is 2.76. The molecule has 2 aromatic heterocycles. The molecule has 6 nitrogen and oxygen atoms in total. The number of aromatic nitrogens is 3. The van der Waals surface area contributed by atoms with E-state index in [1.807, 2.05) is 29.8 Å². The highest BCUT2D eigenvalue weighted by Gasteiger charge is 2.18. The van der Waals surface area contributed by atoms with Crippen LogP contribution in [0.5, 0.6) is 0 Å². The zero-order valence-corrected chi connectivity index (χ0v) is 12.2. The van der Waals surface area contributed by atoms with E-state index in [1.165, 1.54) is 18.4 Å². The maximum atomic E-state index is 11.6. The first-order valence-electron chi connectivity index (χ1n) is 5.76. The molecule has 0 saturated carbocycles. The van der Waals surface area contributed by atoms with Crippen LogP contribution >= 0.6 is 11.3 Å². The van der Waals surface area contributed by atoms with Gasteiger partial charge in [0.2, 0.25) is 0 Å². The molecule has 0 aliphatic carbocycles. The van der Waals surface area contributed by atoms with Crippen molar-refractivity contribution in [1.29, 1.82) is 0 Å². The van der Waals surface area contributed by atoms with Gasteiger partial charge in [-0.25, -0.2) is 14.8 Å². The summed E-state index contributed by atoms with van der Waals surface area (Å²) in [6, 6.07) is 0. The van der Waals surface area contributed by atoms with Crippen molar-refractivity contribution in [3.63, 3.8) is 0 Å². The number of carbonyl (C=O) groups excluding carboxylic acids is 1. The zero-order chi connectivity index (χ0) is 14.0. The summed E-state index contributed by atoms with van der Waals surface area (Å²) in [4.78, 5) is 22.7. The van der Waals surface area contributed by atoms with Crippen molar-refractivity contribution < 1.29 is 9.53 Å². The summed E-state index contributed by atoms with van der Waals surface area (Å²) in [6.45, 7) is 2.44. The minimum absolute atomic E-state index is 0.341. The van der Waals surface area contributed by atoms with Crippen LogP contribution in [0.15, 0.2) is 12.4 Å². The Labute approximate surface area is 115 Å². The number of hydrogen-bond acceptors (Lipinski definition) is 6. The Morgan fingerprint density at radius 1 is 1.58 bits per heavy atom. The molecule has 0 aliphatic heterocycles. The van der Waals surface area contributed by atoms with Gasteiger partial charge in [0.05, 0.1) is 19.3 Å². The van der Waals surface area contributed by atoms with Crippen LogP contribution in [-0.2, 0) is 18.3 Å². The summed E-state index contributed by atoms with van der Waals surface area (Å²) in [5.41, 5.74) is 0.693. The van der Waals surface area contributed by atoms with Crippen molar-refractivity contribution >= 4 is 22.4 Å². The van der Waals surface area contributed by atoms with E-state index in [2.05, 4.69) is 9.97 Å². The Morgan fingerprint density at radius 3 is 2.89 bits per heavy atom. The first kappa shape index (κ1) is 13.5. The molecule has 19 heavy (non-hydrogen) atoms. The molecule has 0 spiro atoms. The summed E-state index contributed by atoms with van der Waals surface area (Å²) in [5.74, 6) is 0.599. The highest BCUT2D eigenvalue weighted by atomic mass is 32.1. The maximum Gasteiger partial charge on any atom is 0.350 e. The normalized spacial score (nSPS) is 10.5. The molecule has 0 N–H and O–H groups in total. The van der Waals surface area contributed by atoms with Crippen LogP contribution in [-0.4, -0.2) is 34.7 Å². The van der Waals surface area contributed by atoms with E-state index in [0.29, 0.717) is 17.1 Å². The molecule has 0 unspecified atom stereocenters. The lowest BCUT2D eigenvalue weighted by Gasteiger charge is -2.14. The lowest BCUT2D eigenvalue weighted by atomic mass is 10.4. The number of carbonyl (C=O) groups is 1. The Kier molecular flexibility index (Phi) is 3.84. The Balaban J connectivity index is 2.18. The largest absolute Gasteiger partial charge is 0.465 e. The van der Waals surface area contributed by atoms with Crippen LogP contribution in [0.4, 0.5) is 5.13 Å². The highest BCUT2D eigenvalue weighted by molar-refractivity contribution is 7.17.